The number of alkyl halides is 3. The molecule has 2 aliphatic rings. The Hall–Kier alpha value is -1.15. The molecule has 0 radical (unpaired) electrons. The lowest BCUT2D eigenvalue weighted by molar-refractivity contribution is -0.141. The number of pyridine rings is 1. The van der Waals surface area contributed by atoms with Gasteiger partial charge in [-0.3, -0.25) is 4.98 Å². The molecule has 0 aliphatic carbocycles. The Balaban J connectivity index is 1.46. The van der Waals surface area contributed by atoms with Gasteiger partial charge >= 0.3 is 6.18 Å². The molecule has 0 bridgehead atoms. The summed E-state index contributed by atoms with van der Waals surface area (Å²) in [6.45, 7) is 4.81. The van der Waals surface area contributed by atoms with Crippen LogP contribution in [0.3, 0.4) is 0 Å². The monoisotopic (exact) mass is 376 g/mol. The summed E-state index contributed by atoms with van der Waals surface area (Å²) in [5, 5.41) is 0. The maximum absolute atomic E-state index is 12.5. The summed E-state index contributed by atoms with van der Waals surface area (Å²) in [6.07, 6.45) is -0.901. The lowest BCUT2D eigenvalue weighted by Gasteiger charge is -2.53. The van der Waals surface area contributed by atoms with E-state index < -0.39 is 21.7 Å². The molecule has 1 aromatic rings. The van der Waals surface area contributed by atoms with Crippen molar-refractivity contribution >= 4 is 9.84 Å². The lowest BCUT2D eigenvalue weighted by atomic mass is 9.74. The molecule has 2 aliphatic heterocycles. The fourth-order valence-corrected chi connectivity index (χ4v) is 5.63. The van der Waals surface area contributed by atoms with Crippen LogP contribution in [0.15, 0.2) is 18.3 Å². The van der Waals surface area contributed by atoms with Crippen LogP contribution < -0.4 is 0 Å². The zero-order valence-corrected chi connectivity index (χ0v) is 15.0. The molecular formula is C17H23F3N2O2S. The third-order valence-corrected chi connectivity index (χ3v) is 6.93. The van der Waals surface area contributed by atoms with E-state index in [2.05, 4.69) is 16.8 Å². The Labute approximate surface area is 146 Å². The minimum absolute atomic E-state index is 0.168. The van der Waals surface area contributed by atoms with Crippen LogP contribution in [0, 0.1) is 11.3 Å². The molecule has 0 saturated carbocycles. The topological polar surface area (TPSA) is 50.3 Å². The van der Waals surface area contributed by atoms with Crippen LogP contribution >= 0.6 is 0 Å². The van der Waals surface area contributed by atoms with Crippen molar-refractivity contribution in [2.24, 2.45) is 11.3 Å². The number of likely N-dealkylation sites (tertiary alicyclic amines) is 1. The van der Waals surface area contributed by atoms with Gasteiger partial charge in [-0.05, 0) is 42.2 Å². The predicted molar refractivity (Wildman–Crippen MR) is 88.9 cm³/mol. The number of sulfone groups is 1. The largest absolute Gasteiger partial charge is 0.433 e. The molecule has 0 N–H and O–H groups in total. The maximum atomic E-state index is 12.5. The molecule has 2 fully saturated rings. The van der Waals surface area contributed by atoms with E-state index in [1.165, 1.54) is 12.3 Å². The van der Waals surface area contributed by atoms with E-state index in [0.717, 1.165) is 44.1 Å². The summed E-state index contributed by atoms with van der Waals surface area (Å²) >= 11 is 0. The molecule has 1 atom stereocenters. The van der Waals surface area contributed by atoms with E-state index in [-0.39, 0.29) is 5.41 Å². The summed E-state index contributed by atoms with van der Waals surface area (Å²) in [4.78, 5) is 5.82. The van der Waals surface area contributed by atoms with Crippen LogP contribution in [-0.4, -0.2) is 49.4 Å². The summed E-state index contributed by atoms with van der Waals surface area (Å²) in [6, 6.07) is 2.53. The van der Waals surface area contributed by atoms with Crippen LogP contribution in [0.4, 0.5) is 13.2 Å². The van der Waals surface area contributed by atoms with Crippen LogP contribution in [-0.2, 0) is 22.4 Å². The van der Waals surface area contributed by atoms with E-state index in [0.29, 0.717) is 23.8 Å². The molecule has 25 heavy (non-hydrogen) atoms. The number of nitrogens with zero attached hydrogens (tertiary/aromatic N) is 2. The number of hydrogen-bond acceptors (Lipinski definition) is 4. The minimum atomic E-state index is -4.40. The molecule has 3 rings (SSSR count). The van der Waals surface area contributed by atoms with Gasteiger partial charge < -0.3 is 4.90 Å². The van der Waals surface area contributed by atoms with Crippen LogP contribution in [0.5, 0.6) is 0 Å². The lowest BCUT2D eigenvalue weighted by Crippen LogP contribution is -2.59. The molecule has 0 unspecified atom stereocenters. The van der Waals surface area contributed by atoms with Crippen LogP contribution in [0.1, 0.15) is 31.0 Å². The second kappa shape index (κ2) is 6.54. The highest BCUT2D eigenvalue weighted by Gasteiger charge is 2.46. The van der Waals surface area contributed by atoms with Crippen molar-refractivity contribution in [1.82, 2.24) is 9.88 Å². The Bertz CT molecular complexity index is 694. The van der Waals surface area contributed by atoms with Gasteiger partial charge in [0.05, 0.1) is 11.5 Å². The van der Waals surface area contributed by atoms with Gasteiger partial charge in [0.15, 0.2) is 0 Å². The van der Waals surface area contributed by atoms with Crippen molar-refractivity contribution < 1.29 is 21.6 Å². The smallest absolute Gasteiger partial charge is 0.302 e. The molecular weight excluding hydrogens is 353 g/mol. The van der Waals surface area contributed by atoms with Crippen molar-refractivity contribution in [1.29, 1.82) is 0 Å². The quantitative estimate of drug-likeness (QED) is 0.811. The fraction of sp³-hybridized carbons (Fsp3) is 0.706. The van der Waals surface area contributed by atoms with Crippen LogP contribution in [0.25, 0.3) is 0 Å². The van der Waals surface area contributed by atoms with Gasteiger partial charge in [-0.1, -0.05) is 13.0 Å². The summed E-state index contributed by atoms with van der Waals surface area (Å²) in [7, 11) is -2.83. The van der Waals surface area contributed by atoms with Gasteiger partial charge in [-0.15, -0.1) is 0 Å². The predicted octanol–water partition coefficient (Wildman–Crippen LogP) is 2.79. The second-order valence-corrected chi connectivity index (χ2v) is 9.98. The molecule has 2 saturated heterocycles. The SMILES string of the molecule is C[C@H](Cc1ccc(C(F)(F)F)nc1)CN1CC2(CCS(=O)(=O)CC2)C1. The van der Waals surface area contributed by atoms with Gasteiger partial charge in [-0.25, -0.2) is 8.42 Å². The second-order valence-electron chi connectivity index (χ2n) is 7.68. The average Bonchev–Trinajstić information content (AvgIpc) is 2.47. The van der Waals surface area contributed by atoms with Crippen molar-refractivity contribution in [3.63, 3.8) is 0 Å². The molecule has 8 heteroatoms. The first-order valence-electron chi connectivity index (χ1n) is 8.52. The van der Waals surface area contributed by atoms with Crippen molar-refractivity contribution in [3.8, 4) is 0 Å². The first kappa shape index (κ1) is 18.6. The molecule has 1 spiro atoms. The van der Waals surface area contributed by atoms with E-state index in [9.17, 15) is 21.6 Å². The molecule has 0 amide bonds. The zero-order valence-electron chi connectivity index (χ0n) is 14.2. The van der Waals surface area contributed by atoms with Gasteiger partial charge in [-0.2, -0.15) is 13.2 Å². The normalized spacial score (nSPS) is 24.0. The van der Waals surface area contributed by atoms with E-state index >= 15 is 0 Å². The van der Waals surface area contributed by atoms with Crippen molar-refractivity contribution in [2.75, 3.05) is 31.1 Å². The van der Waals surface area contributed by atoms with Crippen molar-refractivity contribution in [2.45, 2.75) is 32.4 Å². The average molecular weight is 376 g/mol. The highest BCUT2D eigenvalue weighted by atomic mass is 32.2. The fourth-order valence-electron chi connectivity index (χ4n) is 3.94. The molecule has 1 aromatic heterocycles. The number of aromatic nitrogens is 1. The Morgan fingerprint density at radius 2 is 1.88 bits per heavy atom. The summed E-state index contributed by atoms with van der Waals surface area (Å²) < 4.78 is 60.6. The first-order valence-corrected chi connectivity index (χ1v) is 10.3. The molecule has 140 valence electrons. The summed E-state index contributed by atoms with van der Waals surface area (Å²) in [5.74, 6) is 0.907. The highest BCUT2D eigenvalue weighted by Crippen LogP contribution is 2.41. The zero-order chi connectivity index (χ0) is 18.3. The Kier molecular flexibility index (Phi) is 4.87. The first-order chi connectivity index (χ1) is 11.6. The van der Waals surface area contributed by atoms with Crippen LogP contribution in [0.2, 0.25) is 0 Å². The third-order valence-electron chi connectivity index (χ3n) is 5.27. The Morgan fingerprint density at radius 1 is 1.24 bits per heavy atom. The third kappa shape index (κ3) is 4.53. The van der Waals surface area contributed by atoms with E-state index in [4.69, 9.17) is 0 Å². The number of rotatable bonds is 4. The molecule has 3 heterocycles. The number of hydrogen-bond donors (Lipinski definition) is 0. The maximum Gasteiger partial charge on any atom is 0.433 e. The minimum Gasteiger partial charge on any atom is -0.302 e. The van der Waals surface area contributed by atoms with Gasteiger partial charge in [0.25, 0.3) is 0 Å². The van der Waals surface area contributed by atoms with Gasteiger partial charge in [0.2, 0.25) is 0 Å². The molecule has 4 nitrogen and oxygen atoms in total. The van der Waals surface area contributed by atoms with E-state index in [1.807, 2.05) is 0 Å². The standard InChI is InChI=1S/C17H23F3N2O2S/c1-13(8-14-2-3-15(21-9-14)17(18,19)20)10-22-11-16(12-22)4-6-25(23,24)7-5-16/h2-3,9,13H,4-8,10-12H2,1H3/t13-/m1/s1. The molecule has 0 aromatic carbocycles. The van der Waals surface area contributed by atoms with E-state index in [1.54, 1.807) is 0 Å². The van der Waals surface area contributed by atoms with Gasteiger partial charge in [0.1, 0.15) is 15.5 Å². The Morgan fingerprint density at radius 3 is 2.40 bits per heavy atom. The number of halogens is 3. The summed E-state index contributed by atoms with van der Waals surface area (Å²) in [5.41, 5.74) is 0.112. The van der Waals surface area contributed by atoms with Gasteiger partial charge in [0, 0.05) is 25.8 Å². The van der Waals surface area contributed by atoms with Crippen molar-refractivity contribution in [3.05, 3.63) is 29.6 Å². The highest BCUT2D eigenvalue weighted by molar-refractivity contribution is 7.91.